The standard InChI is InChI=1S/C23H24N2O3/c1-16(19-9-10-21-22(15-19)28-14-13-27-21)25-23(26)24-12-11-18-7-4-6-17-5-2-3-8-20(17)18/h2-10,15-16H,11-14H2,1H3,(H2,24,25,26). The lowest BCUT2D eigenvalue weighted by molar-refractivity contribution is 0.171. The first kappa shape index (κ1) is 18.2. The van der Waals surface area contributed by atoms with Gasteiger partial charge >= 0.3 is 6.03 Å². The number of ether oxygens (including phenoxy) is 2. The number of hydrogen-bond donors (Lipinski definition) is 2. The molecule has 0 saturated heterocycles. The first-order valence-electron chi connectivity index (χ1n) is 9.61. The highest BCUT2D eigenvalue weighted by Crippen LogP contribution is 2.32. The molecule has 2 amide bonds. The average molecular weight is 376 g/mol. The van der Waals surface area contributed by atoms with Crippen LogP contribution in [-0.4, -0.2) is 25.8 Å². The van der Waals surface area contributed by atoms with E-state index in [-0.39, 0.29) is 12.1 Å². The summed E-state index contributed by atoms with van der Waals surface area (Å²) in [5, 5.41) is 8.39. The van der Waals surface area contributed by atoms with Gasteiger partial charge in [0.1, 0.15) is 13.2 Å². The molecule has 0 spiro atoms. The lowest BCUT2D eigenvalue weighted by Crippen LogP contribution is -2.38. The van der Waals surface area contributed by atoms with Crippen LogP contribution >= 0.6 is 0 Å². The smallest absolute Gasteiger partial charge is 0.315 e. The minimum atomic E-state index is -0.178. The number of fused-ring (bicyclic) bond motifs is 2. The van der Waals surface area contributed by atoms with Gasteiger partial charge in [0.2, 0.25) is 0 Å². The van der Waals surface area contributed by atoms with Gasteiger partial charge in [-0.15, -0.1) is 0 Å². The molecule has 0 aliphatic carbocycles. The summed E-state index contributed by atoms with van der Waals surface area (Å²) in [6, 6.07) is 20.0. The lowest BCUT2D eigenvalue weighted by Gasteiger charge is -2.21. The zero-order chi connectivity index (χ0) is 19.3. The van der Waals surface area contributed by atoms with Crippen LogP contribution in [0.3, 0.4) is 0 Å². The molecule has 1 aliphatic heterocycles. The quantitative estimate of drug-likeness (QED) is 0.701. The van der Waals surface area contributed by atoms with Gasteiger partial charge in [0, 0.05) is 6.54 Å². The Morgan fingerprint density at radius 3 is 2.68 bits per heavy atom. The molecule has 3 aromatic carbocycles. The van der Waals surface area contributed by atoms with Gasteiger partial charge in [-0.1, -0.05) is 48.5 Å². The van der Waals surface area contributed by atoms with Crippen molar-refractivity contribution in [3.63, 3.8) is 0 Å². The first-order chi connectivity index (χ1) is 13.7. The molecule has 4 rings (SSSR count). The van der Waals surface area contributed by atoms with E-state index < -0.39 is 0 Å². The van der Waals surface area contributed by atoms with E-state index in [2.05, 4.69) is 41.0 Å². The fourth-order valence-electron chi connectivity index (χ4n) is 3.48. The Morgan fingerprint density at radius 2 is 1.79 bits per heavy atom. The first-order valence-corrected chi connectivity index (χ1v) is 9.61. The Bertz CT molecular complexity index is 981. The molecule has 0 fully saturated rings. The molecular weight excluding hydrogens is 352 g/mol. The number of nitrogens with one attached hydrogen (secondary N) is 2. The predicted octanol–water partition coefficient (Wildman–Crippen LogP) is 4.21. The van der Waals surface area contributed by atoms with Gasteiger partial charge in [0.05, 0.1) is 6.04 Å². The van der Waals surface area contributed by atoms with Gasteiger partial charge < -0.3 is 20.1 Å². The molecule has 5 heteroatoms. The van der Waals surface area contributed by atoms with Crippen molar-refractivity contribution >= 4 is 16.8 Å². The highest BCUT2D eigenvalue weighted by atomic mass is 16.6. The Labute approximate surface area is 164 Å². The monoisotopic (exact) mass is 376 g/mol. The molecule has 0 saturated carbocycles. The Morgan fingerprint density at radius 1 is 1.00 bits per heavy atom. The van der Waals surface area contributed by atoms with Gasteiger partial charge in [-0.3, -0.25) is 0 Å². The van der Waals surface area contributed by atoms with Crippen molar-refractivity contribution in [3.8, 4) is 11.5 Å². The van der Waals surface area contributed by atoms with E-state index in [0.29, 0.717) is 19.8 Å². The van der Waals surface area contributed by atoms with Crippen molar-refractivity contribution in [1.82, 2.24) is 10.6 Å². The summed E-state index contributed by atoms with van der Waals surface area (Å²) in [5.41, 5.74) is 2.21. The maximum atomic E-state index is 12.3. The second-order valence-corrected chi connectivity index (χ2v) is 6.91. The molecule has 0 radical (unpaired) electrons. The summed E-state index contributed by atoms with van der Waals surface area (Å²) in [5.74, 6) is 1.48. The summed E-state index contributed by atoms with van der Waals surface area (Å²) in [4.78, 5) is 12.3. The van der Waals surface area contributed by atoms with Crippen LogP contribution in [0.4, 0.5) is 4.79 Å². The highest BCUT2D eigenvalue weighted by molar-refractivity contribution is 5.85. The fourth-order valence-corrected chi connectivity index (χ4v) is 3.48. The molecule has 1 atom stereocenters. The van der Waals surface area contributed by atoms with Gasteiger partial charge in [0.25, 0.3) is 0 Å². The van der Waals surface area contributed by atoms with Crippen LogP contribution in [0.25, 0.3) is 10.8 Å². The van der Waals surface area contributed by atoms with Crippen molar-refractivity contribution in [2.24, 2.45) is 0 Å². The second kappa shape index (κ2) is 8.21. The van der Waals surface area contributed by atoms with Gasteiger partial charge in [-0.05, 0) is 47.4 Å². The van der Waals surface area contributed by atoms with Crippen LogP contribution in [-0.2, 0) is 6.42 Å². The molecule has 2 N–H and O–H groups in total. The van der Waals surface area contributed by atoms with Crippen LogP contribution in [0.2, 0.25) is 0 Å². The molecule has 144 valence electrons. The summed E-state index contributed by atoms with van der Waals surface area (Å²) in [6.07, 6.45) is 0.785. The minimum absolute atomic E-state index is 0.131. The van der Waals surface area contributed by atoms with Gasteiger partial charge in [-0.2, -0.15) is 0 Å². The predicted molar refractivity (Wildman–Crippen MR) is 110 cm³/mol. The van der Waals surface area contributed by atoms with Gasteiger partial charge in [-0.25, -0.2) is 4.79 Å². The zero-order valence-electron chi connectivity index (χ0n) is 15.9. The average Bonchev–Trinajstić information content (AvgIpc) is 2.73. The number of amides is 2. The van der Waals surface area contributed by atoms with Crippen LogP contribution in [0.15, 0.2) is 60.7 Å². The van der Waals surface area contributed by atoms with E-state index in [9.17, 15) is 4.79 Å². The number of hydrogen-bond acceptors (Lipinski definition) is 3. The molecule has 1 heterocycles. The molecule has 5 nitrogen and oxygen atoms in total. The maximum absolute atomic E-state index is 12.3. The van der Waals surface area contributed by atoms with Crippen molar-refractivity contribution < 1.29 is 14.3 Å². The minimum Gasteiger partial charge on any atom is -0.486 e. The highest BCUT2D eigenvalue weighted by Gasteiger charge is 2.15. The van der Waals surface area contributed by atoms with E-state index in [1.807, 2.05) is 37.3 Å². The van der Waals surface area contributed by atoms with Crippen LogP contribution in [0.5, 0.6) is 11.5 Å². The largest absolute Gasteiger partial charge is 0.486 e. The maximum Gasteiger partial charge on any atom is 0.315 e. The second-order valence-electron chi connectivity index (χ2n) is 6.91. The summed E-state index contributed by atoms with van der Waals surface area (Å²) in [6.45, 7) is 3.65. The van der Waals surface area contributed by atoms with Crippen molar-refractivity contribution in [3.05, 3.63) is 71.8 Å². The summed E-state index contributed by atoms with van der Waals surface area (Å²) < 4.78 is 11.2. The number of carbonyl (C=O) groups excluding carboxylic acids is 1. The SMILES string of the molecule is CC(NC(=O)NCCc1cccc2ccccc12)c1ccc2c(c1)OCCO2. The third kappa shape index (κ3) is 4.03. The van der Waals surface area contributed by atoms with Crippen molar-refractivity contribution in [2.75, 3.05) is 19.8 Å². The van der Waals surface area contributed by atoms with Crippen LogP contribution < -0.4 is 20.1 Å². The molecule has 1 aliphatic rings. The molecule has 0 aromatic heterocycles. The number of urea groups is 1. The number of carbonyl (C=O) groups is 1. The lowest BCUT2D eigenvalue weighted by atomic mass is 10.0. The van der Waals surface area contributed by atoms with Crippen LogP contribution in [0.1, 0.15) is 24.1 Å². The van der Waals surface area contributed by atoms with E-state index in [1.54, 1.807) is 0 Å². The fraction of sp³-hybridized carbons (Fsp3) is 0.261. The molecule has 1 unspecified atom stereocenters. The Balaban J connectivity index is 1.32. The van der Waals surface area contributed by atoms with E-state index >= 15 is 0 Å². The summed E-state index contributed by atoms with van der Waals surface area (Å²) >= 11 is 0. The third-order valence-electron chi connectivity index (χ3n) is 4.97. The van der Waals surface area contributed by atoms with E-state index in [4.69, 9.17) is 9.47 Å². The third-order valence-corrected chi connectivity index (χ3v) is 4.97. The molecule has 0 bridgehead atoms. The van der Waals surface area contributed by atoms with Crippen molar-refractivity contribution in [2.45, 2.75) is 19.4 Å². The molecule has 3 aromatic rings. The normalized spacial score (nSPS) is 13.8. The number of rotatable bonds is 5. The Hall–Kier alpha value is -3.21. The van der Waals surface area contributed by atoms with Crippen molar-refractivity contribution in [1.29, 1.82) is 0 Å². The summed E-state index contributed by atoms with van der Waals surface area (Å²) in [7, 11) is 0. The molecular formula is C23H24N2O3. The zero-order valence-corrected chi connectivity index (χ0v) is 15.9. The topological polar surface area (TPSA) is 59.6 Å². The number of benzene rings is 3. The molecule has 28 heavy (non-hydrogen) atoms. The van der Waals surface area contributed by atoms with E-state index in [1.165, 1.54) is 16.3 Å². The Kier molecular flexibility index (Phi) is 5.33. The van der Waals surface area contributed by atoms with E-state index in [0.717, 1.165) is 23.5 Å². The van der Waals surface area contributed by atoms with Crippen LogP contribution in [0, 0.1) is 0 Å². The van der Waals surface area contributed by atoms with Gasteiger partial charge in [0.15, 0.2) is 11.5 Å².